The van der Waals surface area contributed by atoms with E-state index >= 15 is 0 Å². The van der Waals surface area contributed by atoms with Crippen LogP contribution >= 0.6 is 11.8 Å². The maximum atomic E-state index is 10.4. The van der Waals surface area contributed by atoms with Crippen LogP contribution in [0.2, 0.25) is 0 Å². The molecule has 0 atom stereocenters. The smallest absolute Gasteiger partial charge is 0.269 e. The summed E-state index contributed by atoms with van der Waals surface area (Å²) in [6.45, 7) is 0.655. The number of hydrogen-bond acceptors (Lipinski definition) is 7. The molecule has 1 aromatic carbocycles. The molecule has 1 rings (SSSR count). The van der Waals surface area contributed by atoms with Crippen LogP contribution in [-0.4, -0.2) is 41.6 Å². The summed E-state index contributed by atoms with van der Waals surface area (Å²) in [5.41, 5.74) is 6.06. The van der Waals surface area contributed by atoms with E-state index in [9.17, 15) is 18.5 Å². The van der Waals surface area contributed by atoms with Crippen molar-refractivity contribution < 1.29 is 17.9 Å². The molecular formula is C10H16N4O5S2. The maximum Gasteiger partial charge on any atom is 0.269 e. The molecule has 0 bridgehead atoms. The van der Waals surface area contributed by atoms with Gasteiger partial charge in [-0.3, -0.25) is 20.1 Å². The summed E-state index contributed by atoms with van der Waals surface area (Å²) < 4.78 is 25.9. The Morgan fingerprint density at radius 2 is 1.95 bits per heavy atom. The average molecular weight is 336 g/mol. The summed E-state index contributed by atoms with van der Waals surface area (Å²) in [4.78, 5) is 9.96. The van der Waals surface area contributed by atoms with Crippen LogP contribution in [0.3, 0.4) is 0 Å². The van der Waals surface area contributed by atoms with Gasteiger partial charge in [-0.15, -0.1) is 0 Å². The van der Waals surface area contributed by atoms with Gasteiger partial charge in [0.25, 0.3) is 15.8 Å². The second-order valence-electron chi connectivity index (χ2n) is 3.68. The van der Waals surface area contributed by atoms with Crippen LogP contribution in [0.25, 0.3) is 0 Å². The molecule has 0 spiro atoms. The molecule has 0 radical (unpaired) electrons. The van der Waals surface area contributed by atoms with Gasteiger partial charge >= 0.3 is 0 Å². The van der Waals surface area contributed by atoms with E-state index in [0.717, 1.165) is 5.69 Å². The van der Waals surface area contributed by atoms with Gasteiger partial charge in [0, 0.05) is 30.1 Å². The van der Waals surface area contributed by atoms with Crippen molar-refractivity contribution in [1.82, 2.24) is 0 Å². The molecule has 0 saturated heterocycles. The zero-order chi connectivity index (χ0) is 16.5. The predicted molar refractivity (Wildman–Crippen MR) is 83.4 cm³/mol. The number of benzene rings is 1. The van der Waals surface area contributed by atoms with Crippen molar-refractivity contribution in [3.63, 3.8) is 0 Å². The van der Waals surface area contributed by atoms with Crippen LogP contribution < -0.4 is 11.1 Å². The molecule has 0 aliphatic rings. The van der Waals surface area contributed by atoms with Crippen molar-refractivity contribution >= 4 is 38.4 Å². The summed E-state index contributed by atoms with van der Waals surface area (Å²) >= 11 is 1.25. The third-order valence-electron chi connectivity index (χ3n) is 1.77. The molecule has 118 valence electrons. The Kier molecular flexibility index (Phi) is 8.35. The molecule has 0 saturated carbocycles. The number of non-ortho nitro benzene ring substituents is 1. The summed E-state index contributed by atoms with van der Waals surface area (Å²) in [6.07, 6.45) is 0.715. The Labute approximate surface area is 126 Å². The Bertz CT molecular complexity index is 566. The SMILES string of the molecule is CS(=O)(=O)O.N=C(N)SCCNc1ccc([N+](=O)[O-])cc1. The molecule has 1 aromatic rings. The Balaban J connectivity index is 0.000000690. The van der Waals surface area contributed by atoms with Crippen molar-refractivity contribution in [3.8, 4) is 0 Å². The van der Waals surface area contributed by atoms with Crippen LogP contribution in [0.5, 0.6) is 0 Å². The Morgan fingerprint density at radius 3 is 2.33 bits per heavy atom. The summed E-state index contributed by atoms with van der Waals surface area (Å²) in [7, 11) is -3.67. The minimum atomic E-state index is -3.67. The average Bonchev–Trinajstić information content (AvgIpc) is 2.33. The van der Waals surface area contributed by atoms with Gasteiger partial charge in [-0.2, -0.15) is 8.42 Å². The lowest BCUT2D eigenvalue weighted by atomic mass is 10.3. The van der Waals surface area contributed by atoms with Gasteiger partial charge in [0.05, 0.1) is 11.2 Å². The third-order valence-corrected chi connectivity index (χ3v) is 2.49. The van der Waals surface area contributed by atoms with Gasteiger partial charge in [0.2, 0.25) is 0 Å². The number of nitro benzene ring substituents is 1. The normalized spacial score (nSPS) is 10.2. The molecule has 0 aromatic heterocycles. The first-order valence-electron chi connectivity index (χ1n) is 5.47. The lowest BCUT2D eigenvalue weighted by Gasteiger charge is -2.04. The zero-order valence-electron chi connectivity index (χ0n) is 11.1. The first kappa shape index (κ1) is 19.1. The van der Waals surface area contributed by atoms with E-state index in [2.05, 4.69) is 5.32 Å². The van der Waals surface area contributed by atoms with Crippen LogP contribution in [0.1, 0.15) is 0 Å². The molecule has 0 aliphatic carbocycles. The standard InChI is InChI=1S/C9H12N4O2S.CH4O3S/c10-9(11)16-6-5-12-7-1-3-8(4-2-7)13(14)15;1-5(2,3)4/h1-4,12H,5-6H2,(H3,10,11);1H3,(H,2,3,4). The number of rotatable bonds is 5. The van der Waals surface area contributed by atoms with Crippen molar-refractivity contribution in [1.29, 1.82) is 5.41 Å². The number of nitrogens with zero attached hydrogens (tertiary/aromatic N) is 1. The van der Waals surface area contributed by atoms with E-state index in [1.165, 1.54) is 23.9 Å². The number of anilines is 1. The van der Waals surface area contributed by atoms with Crippen LogP contribution in [0.15, 0.2) is 24.3 Å². The maximum absolute atomic E-state index is 10.4. The number of nitrogens with one attached hydrogen (secondary N) is 2. The first-order valence-corrected chi connectivity index (χ1v) is 8.30. The Hall–Kier alpha value is -1.85. The van der Waals surface area contributed by atoms with Crippen molar-refractivity contribution in [3.05, 3.63) is 34.4 Å². The molecular weight excluding hydrogens is 320 g/mol. The summed E-state index contributed by atoms with van der Waals surface area (Å²) in [6, 6.07) is 6.19. The summed E-state index contributed by atoms with van der Waals surface area (Å²) in [5.74, 6) is 0.687. The highest BCUT2D eigenvalue weighted by molar-refractivity contribution is 8.13. The van der Waals surface area contributed by atoms with Crippen molar-refractivity contribution in [2.24, 2.45) is 5.73 Å². The van der Waals surface area contributed by atoms with E-state index in [4.69, 9.17) is 15.7 Å². The molecule has 0 heterocycles. The largest absolute Gasteiger partial charge is 0.384 e. The second-order valence-corrected chi connectivity index (χ2v) is 6.28. The number of amidine groups is 1. The number of nitro groups is 1. The molecule has 0 aliphatic heterocycles. The van der Waals surface area contributed by atoms with Crippen molar-refractivity contribution in [2.45, 2.75) is 0 Å². The number of thioether (sulfide) groups is 1. The molecule has 0 unspecified atom stereocenters. The quantitative estimate of drug-likeness (QED) is 0.155. The molecule has 0 amide bonds. The number of hydrogen-bond donors (Lipinski definition) is 4. The lowest BCUT2D eigenvalue weighted by Crippen LogP contribution is -2.10. The van der Waals surface area contributed by atoms with Crippen LogP contribution in [-0.2, 0) is 10.1 Å². The highest BCUT2D eigenvalue weighted by Crippen LogP contribution is 2.15. The molecule has 5 N–H and O–H groups in total. The van der Waals surface area contributed by atoms with E-state index in [-0.39, 0.29) is 10.9 Å². The molecule has 9 nitrogen and oxygen atoms in total. The van der Waals surface area contributed by atoms with Gasteiger partial charge in [-0.25, -0.2) is 0 Å². The highest BCUT2D eigenvalue weighted by atomic mass is 32.2. The van der Waals surface area contributed by atoms with Crippen LogP contribution in [0.4, 0.5) is 11.4 Å². The summed E-state index contributed by atoms with van der Waals surface area (Å²) in [5, 5.41) is 20.5. The number of nitrogens with two attached hydrogens (primary N) is 1. The van der Waals surface area contributed by atoms with Gasteiger partial charge in [-0.05, 0) is 12.1 Å². The van der Waals surface area contributed by atoms with E-state index in [1.54, 1.807) is 12.1 Å². The van der Waals surface area contributed by atoms with Crippen LogP contribution in [0, 0.1) is 15.5 Å². The lowest BCUT2D eigenvalue weighted by molar-refractivity contribution is -0.384. The zero-order valence-corrected chi connectivity index (χ0v) is 12.8. The Morgan fingerprint density at radius 1 is 1.48 bits per heavy atom. The highest BCUT2D eigenvalue weighted by Gasteiger charge is 2.03. The van der Waals surface area contributed by atoms with E-state index in [1.807, 2.05) is 0 Å². The monoisotopic (exact) mass is 336 g/mol. The van der Waals surface area contributed by atoms with Gasteiger partial charge in [-0.1, -0.05) is 11.8 Å². The minimum Gasteiger partial charge on any atom is -0.384 e. The van der Waals surface area contributed by atoms with E-state index < -0.39 is 15.0 Å². The van der Waals surface area contributed by atoms with E-state index in [0.29, 0.717) is 18.6 Å². The van der Waals surface area contributed by atoms with Gasteiger partial charge < -0.3 is 11.1 Å². The second kappa shape index (κ2) is 9.15. The fourth-order valence-electron chi connectivity index (χ4n) is 1.06. The fourth-order valence-corrected chi connectivity index (χ4v) is 1.48. The van der Waals surface area contributed by atoms with Gasteiger partial charge in [0.1, 0.15) is 0 Å². The first-order chi connectivity index (χ1) is 9.59. The third kappa shape index (κ3) is 12.9. The molecule has 21 heavy (non-hydrogen) atoms. The fraction of sp³-hybridized carbons (Fsp3) is 0.300. The molecule has 11 heteroatoms. The minimum absolute atomic E-state index is 0.0728. The van der Waals surface area contributed by atoms with Gasteiger partial charge in [0.15, 0.2) is 5.17 Å². The molecule has 0 fully saturated rings. The predicted octanol–water partition coefficient (Wildman–Crippen LogP) is 1.14. The topological polar surface area (TPSA) is 159 Å². The van der Waals surface area contributed by atoms with Crippen molar-refractivity contribution in [2.75, 3.05) is 23.9 Å².